The third kappa shape index (κ3) is 3.62. The van der Waals surface area contributed by atoms with Crippen LogP contribution in [0, 0.1) is 0 Å². The number of thioether (sulfide) groups is 1. The fourth-order valence-electron chi connectivity index (χ4n) is 2.45. The number of amides is 2. The van der Waals surface area contributed by atoms with Gasteiger partial charge in [-0.15, -0.1) is 0 Å². The molecule has 0 atom stereocenters. The van der Waals surface area contributed by atoms with Gasteiger partial charge in [-0.2, -0.15) is 0 Å². The van der Waals surface area contributed by atoms with Crippen LogP contribution in [0.1, 0.15) is 19.4 Å². The molecule has 2 amide bonds. The van der Waals surface area contributed by atoms with Gasteiger partial charge in [-0.1, -0.05) is 0 Å². The molecule has 0 bridgehead atoms. The lowest BCUT2D eigenvalue weighted by Crippen LogP contribution is -2.34. The predicted octanol–water partition coefficient (Wildman–Crippen LogP) is 2.41. The van der Waals surface area contributed by atoms with Crippen LogP contribution in [0.2, 0.25) is 0 Å². The second-order valence-corrected chi connectivity index (χ2v) is 6.24. The first-order valence-electron chi connectivity index (χ1n) is 8.01. The number of carbonyl (C=O) groups is 3. The van der Waals surface area contributed by atoms with Gasteiger partial charge in [0.15, 0.2) is 11.5 Å². The number of imide groups is 1. The molecule has 1 saturated heterocycles. The van der Waals surface area contributed by atoms with E-state index in [1.165, 1.54) is 0 Å². The Bertz CT molecular complexity index is 790. The molecule has 3 rings (SSSR count). The molecule has 0 spiro atoms. The molecule has 1 fully saturated rings. The van der Waals surface area contributed by atoms with Crippen molar-refractivity contribution in [3.8, 4) is 17.2 Å². The van der Waals surface area contributed by atoms with Gasteiger partial charge in [0.25, 0.3) is 11.1 Å². The maximum absolute atomic E-state index is 12.5. The normalized spacial score (nSPS) is 17.2. The SMILES string of the molecule is CCOC(=O)CN1C(=O)S/C(=C/c2cc3c(cc2OCC)OCO3)C1=O. The van der Waals surface area contributed by atoms with Crippen LogP contribution in [0.3, 0.4) is 0 Å². The van der Waals surface area contributed by atoms with E-state index in [1.807, 2.05) is 6.92 Å². The summed E-state index contributed by atoms with van der Waals surface area (Å²) in [6, 6.07) is 3.37. The van der Waals surface area contributed by atoms with Crippen molar-refractivity contribution in [2.45, 2.75) is 13.8 Å². The summed E-state index contributed by atoms with van der Waals surface area (Å²) in [5.74, 6) is 0.419. The fraction of sp³-hybridized carbons (Fsp3) is 0.353. The molecule has 2 aliphatic rings. The number of hydrogen-bond donors (Lipinski definition) is 0. The molecule has 2 heterocycles. The van der Waals surface area contributed by atoms with E-state index in [-0.39, 0.29) is 18.3 Å². The van der Waals surface area contributed by atoms with E-state index in [1.54, 1.807) is 25.1 Å². The summed E-state index contributed by atoms with van der Waals surface area (Å²) < 4.78 is 21.0. The second kappa shape index (κ2) is 7.69. The van der Waals surface area contributed by atoms with E-state index in [0.717, 1.165) is 16.7 Å². The minimum Gasteiger partial charge on any atom is -0.493 e. The molecule has 2 aliphatic heterocycles. The van der Waals surface area contributed by atoms with Gasteiger partial charge in [0.2, 0.25) is 6.79 Å². The van der Waals surface area contributed by atoms with E-state index in [0.29, 0.717) is 29.4 Å². The Morgan fingerprint density at radius 1 is 1.23 bits per heavy atom. The van der Waals surface area contributed by atoms with Crippen molar-refractivity contribution < 1.29 is 33.3 Å². The first-order chi connectivity index (χ1) is 12.5. The van der Waals surface area contributed by atoms with Crippen molar-refractivity contribution >= 4 is 35.0 Å². The number of nitrogens with zero attached hydrogens (tertiary/aromatic N) is 1. The quantitative estimate of drug-likeness (QED) is 0.550. The Balaban J connectivity index is 1.87. The van der Waals surface area contributed by atoms with E-state index < -0.39 is 23.7 Å². The summed E-state index contributed by atoms with van der Waals surface area (Å²) >= 11 is 0.760. The standard InChI is InChI=1S/C17H17NO7S/c1-3-22-11-7-13-12(24-9-25-13)5-10(11)6-14-16(20)18(17(21)26-14)8-15(19)23-4-2/h5-7H,3-4,8-9H2,1-2H3/b14-6+. The van der Waals surface area contributed by atoms with Gasteiger partial charge in [0.1, 0.15) is 12.3 Å². The Morgan fingerprint density at radius 2 is 1.96 bits per heavy atom. The molecular formula is C17H17NO7S. The fourth-order valence-corrected chi connectivity index (χ4v) is 3.27. The summed E-state index contributed by atoms with van der Waals surface area (Å²) in [7, 11) is 0. The highest BCUT2D eigenvalue weighted by Crippen LogP contribution is 2.41. The molecule has 26 heavy (non-hydrogen) atoms. The zero-order valence-electron chi connectivity index (χ0n) is 14.3. The smallest absolute Gasteiger partial charge is 0.326 e. The van der Waals surface area contributed by atoms with Crippen LogP contribution in [0.5, 0.6) is 17.2 Å². The summed E-state index contributed by atoms with van der Waals surface area (Å²) in [6.07, 6.45) is 1.54. The summed E-state index contributed by atoms with van der Waals surface area (Å²) in [5, 5.41) is -0.520. The van der Waals surface area contributed by atoms with E-state index in [9.17, 15) is 14.4 Å². The first kappa shape index (κ1) is 18.1. The second-order valence-electron chi connectivity index (χ2n) is 5.25. The molecular weight excluding hydrogens is 362 g/mol. The first-order valence-corrected chi connectivity index (χ1v) is 8.82. The predicted molar refractivity (Wildman–Crippen MR) is 93.0 cm³/mol. The molecule has 0 saturated carbocycles. The average molecular weight is 379 g/mol. The topological polar surface area (TPSA) is 91.4 Å². The molecule has 1 aromatic carbocycles. The van der Waals surface area contributed by atoms with Crippen LogP contribution in [0.15, 0.2) is 17.0 Å². The van der Waals surface area contributed by atoms with Crippen LogP contribution in [0.25, 0.3) is 6.08 Å². The van der Waals surface area contributed by atoms with Gasteiger partial charge in [-0.3, -0.25) is 19.3 Å². The van der Waals surface area contributed by atoms with Gasteiger partial charge >= 0.3 is 5.97 Å². The molecule has 0 aliphatic carbocycles. The highest BCUT2D eigenvalue weighted by atomic mass is 32.2. The lowest BCUT2D eigenvalue weighted by Gasteiger charge is -2.11. The molecule has 0 aromatic heterocycles. The van der Waals surface area contributed by atoms with Gasteiger partial charge in [-0.05, 0) is 37.8 Å². The molecule has 1 aromatic rings. The highest BCUT2D eigenvalue weighted by molar-refractivity contribution is 8.18. The monoisotopic (exact) mass is 379 g/mol. The summed E-state index contributed by atoms with van der Waals surface area (Å²) in [4.78, 5) is 37.2. The average Bonchev–Trinajstić information content (AvgIpc) is 3.15. The molecule has 0 N–H and O–H groups in total. The van der Waals surface area contributed by atoms with Crippen LogP contribution in [-0.2, 0) is 14.3 Å². The molecule has 9 heteroatoms. The number of esters is 1. The largest absolute Gasteiger partial charge is 0.493 e. The number of rotatable bonds is 6. The number of ether oxygens (including phenoxy) is 4. The summed E-state index contributed by atoms with van der Waals surface area (Å²) in [6.45, 7) is 3.79. The van der Waals surface area contributed by atoms with Gasteiger partial charge in [0, 0.05) is 11.6 Å². The van der Waals surface area contributed by atoms with E-state index in [4.69, 9.17) is 18.9 Å². The maximum atomic E-state index is 12.5. The third-order valence-corrected chi connectivity index (χ3v) is 4.46. The van der Waals surface area contributed by atoms with E-state index in [2.05, 4.69) is 0 Å². The van der Waals surface area contributed by atoms with Crippen LogP contribution < -0.4 is 14.2 Å². The van der Waals surface area contributed by atoms with Crippen molar-refractivity contribution in [2.24, 2.45) is 0 Å². The van der Waals surface area contributed by atoms with Crippen molar-refractivity contribution in [3.05, 3.63) is 22.6 Å². The van der Waals surface area contributed by atoms with Crippen LogP contribution >= 0.6 is 11.8 Å². The Labute approximate surface area is 154 Å². The van der Waals surface area contributed by atoms with Crippen molar-refractivity contribution in [1.29, 1.82) is 0 Å². The molecule has 8 nitrogen and oxygen atoms in total. The maximum Gasteiger partial charge on any atom is 0.326 e. The molecule has 138 valence electrons. The number of hydrogen-bond acceptors (Lipinski definition) is 8. The zero-order valence-corrected chi connectivity index (χ0v) is 15.1. The minimum absolute atomic E-state index is 0.112. The Kier molecular flexibility index (Phi) is 5.36. The van der Waals surface area contributed by atoms with Gasteiger partial charge in [0.05, 0.1) is 18.1 Å². The Hall–Kier alpha value is -2.68. The van der Waals surface area contributed by atoms with Gasteiger partial charge in [-0.25, -0.2) is 0 Å². The lowest BCUT2D eigenvalue weighted by molar-refractivity contribution is -0.145. The van der Waals surface area contributed by atoms with Crippen LogP contribution in [0.4, 0.5) is 4.79 Å². The number of carbonyl (C=O) groups excluding carboxylic acids is 3. The van der Waals surface area contributed by atoms with Crippen molar-refractivity contribution in [1.82, 2.24) is 4.90 Å². The van der Waals surface area contributed by atoms with Crippen molar-refractivity contribution in [3.63, 3.8) is 0 Å². The molecule has 0 unspecified atom stereocenters. The minimum atomic E-state index is -0.630. The molecule has 0 radical (unpaired) electrons. The number of fused-ring (bicyclic) bond motifs is 1. The Morgan fingerprint density at radius 3 is 2.65 bits per heavy atom. The van der Waals surface area contributed by atoms with E-state index >= 15 is 0 Å². The van der Waals surface area contributed by atoms with Gasteiger partial charge < -0.3 is 18.9 Å². The van der Waals surface area contributed by atoms with Crippen LogP contribution in [-0.4, -0.2) is 48.6 Å². The third-order valence-electron chi connectivity index (χ3n) is 3.56. The zero-order chi connectivity index (χ0) is 18.7. The lowest BCUT2D eigenvalue weighted by atomic mass is 10.1. The number of benzene rings is 1. The highest BCUT2D eigenvalue weighted by Gasteiger charge is 2.37. The summed E-state index contributed by atoms with van der Waals surface area (Å²) in [5.41, 5.74) is 0.581. The van der Waals surface area contributed by atoms with Crippen molar-refractivity contribution in [2.75, 3.05) is 26.6 Å².